The maximum atomic E-state index is 5.62. The molecule has 1 heterocycles. The van der Waals surface area contributed by atoms with Gasteiger partial charge < -0.3 is 15.4 Å². The lowest BCUT2D eigenvalue weighted by atomic mass is 10.1. The average Bonchev–Trinajstić information content (AvgIpc) is 2.44. The maximum absolute atomic E-state index is 5.62. The van der Waals surface area contributed by atoms with Gasteiger partial charge in [-0.1, -0.05) is 12.1 Å². The fraction of sp³-hybridized carbons (Fsp3) is 0.400. The normalized spacial score (nSPS) is 10.6. The number of ether oxygens (including phenoxy) is 1. The fourth-order valence-electron chi connectivity index (χ4n) is 2.06. The van der Waals surface area contributed by atoms with Crippen LogP contribution < -0.4 is 15.4 Å². The summed E-state index contributed by atoms with van der Waals surface area (Å²) in [6, 6.07) is 8.06. The highest BCUT2D eigenvalue weighted by molar-refractivity contribution is 5.94. The van der Waals surface area contributed by atoms with Gasteiger partial charge in [0.1, 0.15) is 11.3 Å². The number of hydrogen-bond donors (Lipinski definition) is 2. The van der Waals surface area contributed by atoms with Crippen molar-refractivity contribution in [1.82, 2.24) is 10.3 Å². The summed E-state index contributed by atoms with van der Waals surface area (Å²) in [6.07, 6.45) is 2.91. The highest BCUT2D eigenvalue weighted by Gasteiger charge is 2.06. The summed E-state index contributed by atoms with van der Waals surface area (Å²) in [5.74, 6) is 0.846. The molecule has 0 radical (unpaired) electrons. The zero-order chi connectivity index (χ0) is 13.5. The summed E-state index contributed by atoms with van der Waals surface area (Å²) >= 11 is 0. The van der Waals surface area contributed by atoms with Crippen LogP contribution in [0.5, 0.6) is 5.75 Å². The number of nitrogens with one attached hydrogen (secondary N) is 2. The highest BCUT2D eigenvalue weighted by Crippen LogP contribution is 2.28. The van der Waals surface area contributed by atoms with Gasteiger partial charge in [0.15, 0.2) is 0 Å². The van der Waals surface area contributed by atoms with E-state index in [0.717, 1.165) is 41.9 Å². The van der Waals surface area contributed by atoms with Crippen molar-refractivity contribution in [2.45, 2.75) is 13.3 Å². The number of anilines is 1. The molecule has 0 atom stereocenters. The van der Waals surface area contributed by atoms with Crippen molar-refractivity contribution in [3.63, 3.8) is 0 Å². The third kappa shape index (κ3) is 3.35. The van der Waals surface area contributed by atoms with E-state index in [9.17, 15) is 0 Å². The van der Waals surface area contributed by atoms with E-state index in [4.69, 9.17) is 4.74 Å². The molecule has 0 aliphatic carbocycles. The maximum Gasteiger partial charge on any atom is 0.145 e. The molecule has 102 valence electrons. The third-order valence-corrected chi connectivity index (χ3v) is 2.95. The number of para-hydroxylation sites is 1. The van der Waals surface area contributed by atoms with Crippen LogP contribution in [0.2, 0.25) is 0 Å². The number of hydrogen-bond acceptors (Lipinski definition) is 4. The van der Waals surface area contributed by atoms with Gasteiger partial charge in [-0.15, -0.1) is 0 Å². The van der Waals surface area contributed by atoms with Gasteiger partial charge in [-0.3, -0.25) is 4.98 Å². The van der Waals surface area contributed by atoms with Gasteiger partial charge in [0.25, 0.3) is 0 Å². The Balaban J connectivity index is 2.22. The van der Waals surface area contributed by atoms with Crippen LogP contribution in [0.25, 0.3) is 10.9 Å². The van der Waals surface area contributed by atoms with Crippen molar-refractivity contribution in [2.24, 2.45) is 0 Å². The van der Waals surface area contributed by atoms with Crippen LogP contribution in [0, 0.1) is 0 Å². The Morgan fingerprint density at radius 2 is 2.11 bits per heavy atom. The molecule has 0 spiro atoms. The predicted molar refractivity (Wildman–Crippen MR) is 79.9 cm³/mol. The lowest BCUT2D eigenvalue weighted by molar-refractivity contribution is 0.343. The molecule has 4 nitrogen and oxygen atoms in total. The second-order valence-corrected chi connectivity index (χ2v) is 4.33. The Kier molecular flexibility index (Phi) is 4.98. The molecule has 0 saturated heterocycles. The molecule has 0 aliphatic rings. The summed E-state index contributed by atoms with van der Waals surface area (Å²) < 4.78 is 5.62. The van der Waals surface area contributed by atoms with Crippen molar-refractivity contribution < 1.29 is 4.74 Å². The Hall–Kier alpha value is -1.81. The van der Waals surface area contributed by atoms with E-state index in [-0.39, 0.29) is 0 Å². The molecule has 1 aromatic heterocycles. The Labute approximate surface area is 114 Å². The topological polar surface area (TPSA) is 46.2 Å². The number of fused-ring (bicyclic) bond motifs is 1. The first-order valence-electron chi connectivity index (χ1n) is 6.75. The van der Waals surface area contributed by atoms with Crippen molar-refractivity contribution in [2.75, 3.05) is 32.1 Å². The minimum atomic E-state index is 0.653. The van der Waals surface area contributed by atoms with Crippen LogP contribution in [0.15, 0.2) is 30.5 Å². The van der Waals surface area contributed by atoms with Crippen molar-refractivity contribution in [3.05, 3.63) is 30.5 Å². The van der Waals surface area contributed by atoms with Gasteiger partial charge in [-0.25, -0.2) is 0 Å². The van der Waals surface area contributed by atoms with Crippen LogP contribution in [-0.2, 0) is 0 Å². The van der Waals surface area contributed by atoms with E-state index in [0.29, 0.717) is 6.61 Å². The molecule has 0 fully saturated rings. The van der Waals surface area contributed by atoms with E-state index in [2.05, 4.69) is 21.7 Å². The van der Waals surface area contributed by atoms with Gasteiger partial charge in [-0.2, -0.15) is 0 Å². The molecule has 2 N–H and O–H groups in total. The predicted octanol–water partition coefficient (Wildman–Crippen LogP) is 2.65. The Morgan fingerprint density at radius 3 is 2.89 bits per heavy atom. The van der Waals surface area contributed by atoms with Gasteiger partial charge in [0, 0.05) is 23.8 Å². The Morgan fingerprint density at radius 1 is 1.21 bits per heavy atom. The minimum absolute atomic E-state index is 0.653. The van der Waals surface area contributed by atoms with E-state index < -0.39 is 0 Å². The number of nitrogens with zero attached hydrogens (tertiary/aromatic N) is 1. The molecule has 0 unspecified atom stereocenters. The first kappa shape index (κ1) is 13.6. The summed E-state index contributed by atoms with van der Waals surface area (Å²) in [7, 11) is 1.97. The van der Waals surface area contributed by atoms with Crippen molar-refractivity contribution in [1.29, 1.82) is 0 Å². The highest BCUT2D eigenvalue weighted by atomic mass is 16.5. The first-order chi connectivity index (χ1) is 9.36. The number of benzene rings is 1. The van der Waals surface area contributed by atoms with Crippen LogP contribution in [0.4, 0.5) is 5.69 Å². The molecule has 19 heavy (non-hydrogen) atoms. The van der Waals surface area contributed by atoms with E-state index in [1.165, 1.54) is 0 Å². The lowest BCUT2D eigenvalue weighted by Crippen LogP contribution is -2.13. The molecule has 0 amide bonds. The molecule has 0 saturated carbocycles. The molecule has 0 aliphatic heterocycles. The number of pyridine rings is 1. The van der Waals surface area contributed by atoms with Gasteiger partial charge in [0.05, 0.1) is 6.61 Å². The summed E-state index contributed by atoms with van der Waals surface area (Å²) in [5.41, 5.74) is 2.03. The zero-order valence-corrected chi connectivity index (χ0v) is 11.6. The Bertz CT molecular complexity index is 528. The number of aromatic nitrogens is 1. The molecule has 2 rings (SSSR count). The van der Waals surface area contributed by atoms with Crippen LogP contribution in [-0.4, -0.2) is 31.7 Å². The van der Waals surface area contributed by atoms with Crippen LogP contribution in [0.1, 0.15) is 13.3 Å². The zero-order valence-electron chi connectivity index (χ0n) is 11.6. The second-order valence-electron chi connectivity index (χ2n) is 4.33. The van der Waals surface area contributed by atoms with Crippen molar-refractivity contribution in [3.8, 4) is 5.75 Å². The standard InChI is InChI=1S/C15H21N3O/c1-3-19-14-7-4-6-12-13(8-11-18-15(12)14)17-10-5-9-16-2/h4,6-8,11,16H,3,5,9-10H2,1-2H3,(H,17,18). The first-order valence-corrected chi connectivity index (χ1v) is 6.75. The lowest BCUT2D eigenvalue weighted by Gasteiger charge is -2.11. The third-order valence-electron chi connectivity index (χ3n) is 2.95. The van der Waals surface area contributed by atoms with Crippen molar-refractivity contribution >= 4 is 16.6 Å². The van der Waals surface area contributed by atoms with E-state index >= 15 is 0 Å². The molecule has 1 aromatic carbocycles. The SMILES string of the molecule is CCOc1cccc2c(NCCCNC)ccnc12. The summed E-state index contributed by atoms with van der Waals surface area (Å²) in [6.45, 7) is 4.60. The minimum Gasteiger partial charge on any atom is -0.492 e. The van der Waals surface area contributed by atoms with Gasteiger partial charge >= 0.3 is 0 Å². The summed E-state index contributed by atoms with van der Waals surface area (Å²) in [4.78, 5) is 4.43. The van der Waals surface area contributed by atoms with E-state index in [1.807, 2.05) is 38.4 Å². The van der Waals surface area contributed by atoms with Crippen LogP contribution >= 0.6 is 0 Å². The fourth-order valence-corrected chi connectivity index (χ4v) is 2.06. The van der Waals surface area contributed by atoms with E-state index in [1.54, 1.807) is 0 Å². The number of rotatable bonds is 7. The average molecular weight is 259 g/mol. The quantitative estimate of drug-likeness (QED) is 0.750. The molecule has 2 aromatic rings. The van der Waals surface area contributed by atoms with Crippen LogP contribution in [0.3, 0.4) is 0 Å². The largest absolute Gasteiger partial charge is 0.492 e. The second kappa shape index (κ2) is 6.95. The molecule has 4 heteroatoms. The van der Waals surface area contributed by atoms with Gasteiger partial charge in [-0.05, 0) is 39.1 Å². The smallest absolute Gasteiger partial charge is 0.145 e. The molecular formula is C15H21N3O. The van der Waals surface area contributed by atoms with Gasteiger partial charge in [0.2, 0.25) is 0 Å². The monoisotopic (exact) mass is 259 g/mol. The summed E-state index contributed by atoms with van der Waals surface area (Å²) in [5, 5.41) is 7.71. The molecular weight excluding hydrogens is 238 g/mol. The molecule has 0 bridgehead atoms.